The molecule has 0 bridgehead atoms. The Labute approximate surface area is 108 Å². The van der Waals surface area contributed by atoms with Gasteiger partial charge in [0.1, 0.15) is 0 Å². The van der Waals surface area contributed by atoms with E-state index in [-0.39, 0.29) is 0 Å². The third-order valence-corrected chi connectivity index (χ3v) is 3.51. The summed E-state index contributed by atoms with van der Waals surface area (Å²) < 4.78 is 7.40. The highest BCUT2D eigenvalue weighted by Gasteiger charge is 2.27. The van der Waals surface area contributed by atoms with Crippen LogP contribution >= 0.6 is 11.8 Å². The molecule has 8 heteroatoms. The molecule has 1 aliphatic carbocycles. The zero-order chi connectivity index (χ0) is 12.4. The fraction of sp³-hybridized carbons (Fsp3) is 0.700. The van der Waals surface area contributed by atoms with E-state index in [1.165, 1.54) is 24.6 Å². The van der Waals surface area contributed by atoms with Crippen LogP contribution < -0.4 is 0 Å². The second kappa shape index (κ2) is 5.05. The van der Waals surface area contributed by atoms with Gasteiger partial charge in [0, 0.05) is 6.42 Å². The van der Waals surface area contributed by atoms with Crippen LogP contribution in [-0.2, 0) is 12.2 Å². The van der Waals surface area contributed by atoms with E-state index in [0.29, 0.717) is 22.9 Å². The largest absolute Gasteiger partial charge is 0.416 e. The average molecular weight is 266 g/mol. The van der Waals surface area contributed by atoms with Gasteiger partial charge in [-0.1, -0.05) is 18.7 Å². The molecular formula is C10H14N6OS. The van der Waals surface area contributed by atoms with Gasteiger partial charge in [0.15, 0.2) is 5.82 Å². The maximum atomic E-state index is 5.50. The summed E-state index contributed by atoms with van der Waals surface area (Å²) >= 11 is 1.48. The molecule has 1 fully saturated rings. The zero-order valence-corrected chi connectivity index (χ0v) is 10.9. The fourth-order valence-corrected chi connectivity index (χ4v) is 2.34. The number of aryl methyl sites for hydroxylation is 1. The van der Waals surface area contributed by atoms with Gasteiger partial charge in [0.05, 0.1) is 11.8 Å². The number of aromatic nitrogens is 6. The van der Waals surface area contributed by atoms with Gasteiger partial charge in [-0.05, 0) is 29.7 Å². The first kappa shape index (κ1) is 11.6. The summed E-state index contributed by atoms with van der Waals surface area (Å²) in [4.78, 5) is 0. The van der Waals surface area contributed by atoms with Crippen LogP contribution in [0.2, 0.25) is 0 Å². The first-order valence-electron chi connectivity index (χ1n) is 6.08. The molecule has 18 heavy (non-hydrogen) atoms. The van der Waals surface area contributed by atoms with Gasteiger partial charge < -0.3 is 4.42 Å². The summed E-state index contributed by atoms with van der Waals surface area (Å²) in [5.74, 6) is 2.23. The van der Waals surface area contributed by atoms with Crippen molar-refractivity contribution >= 4 is 11.8 Å². The monoisotopic (exact) mass is 266 g/mol. The molecule has 0 N–H and O–H groups in total. The van der Waals surface area contributed by atoms with E-state index in [2.05, 4.69) is 32.6 Å². The van der Waals surface area contributed by atoms with Crippen molar-refractivity contribution in [2.75, 3.05) is 0 Å². The van der Waals surface area contributed by atoms with Crippen molar-refractivity contribution in [2.24, 2.45) is 0 Å². The predicted molar refractivity (Wildman–Crippen MR) is 63.9 cm³/mol. The first-order chi connectivity index (χ1) is 8.86. The molecule has 0 unspecified atom stereocenters. The summed E-state index contributed by atoms with van der Waals surface area (Å²) in [5, 5.41) is 20.3. The molecule has 1 saturated carbocycles. The van der Waals surface area contributed by atoms with Crippen LogP contribution in [0.3, 0.4) is 0 Å². The van der Waals surface area contributed by atoms with Crippen LogP contribution in [0.1, 0.15) is 43.9 Å². The van der Waals surface area contributed by atoms with Crippen LogP contribution in [0.25, 0.3) is 0 Å². The topological polar surface area (TPSA) is 82.5 Å². The molecule has 2 aromatic rings. The minimum Gasteiger partial charge on any atom is -0.416 e. The van der Waals surface area contributed by atoms with Crippen LogP contribution in [0, 0.1) is 0 Å². The van der Waals surface area contributed by atoms with Crippen molar-refractivity contribution < 1.29 is 4.42 Å². The highest BCUT2D eigenvalue weighted by atomic mass is 32.2. The highest BCUT2D eigenvalue weighted by Crippen LogP contribution is 2.35. The molecule has 2 heterocycles. The lowest BCUT2D eigenvalue weighted by Crippen LogP contribution is -2.02. The van der Waals surface area contributed by atoms with Crippen molar-refractivity contribution in [2.45, 2.75) is 49.6 Å². The minimum absolute atomic E-state index is 0.494. The third-order valence-electron chi connectivity index (χ3n) is 2.69. The maximum Gasteiger partial charge on any atom is 0.277 e. The molecule has 3 rings (SSSR count). The van der Waals surface area contributed by atoms with E-state index in [1.807, 2.05) is 4.68 Å². The average Bonchev–Trinajstić information content (AvgIpc) is 2.94. The highest BCUT2D eigenvalue weighted by molar-refractivity contribution is 7.98. The second-order valence-corrected chi connectivity index (χ2v) is 5.20. The van der Waals surface area contributed by atoms with Gasteiger partial charge in [0.2, 0.25) is 5.89 Å². The Bertz CT molecular complexity index is 520. The summed E-state index contributed by atoms with van der Waals surface area (Å²) in [6.07, 6.45) is 4.17. The van der Waals surface area contributed by atoms with Crippen molar-refractivity contribution in [3.8, 4) is 0 Å². The van der Waals surface area contributed by atoms with Gasteiger partial charge in [-0.3, -0.25) is 0 Å². The van der Waals surface area contributed by atoms with Crippen molar-refractivity contribution in [1.82, 2.24) is 30.4 Å². The third kappa shape index (κ3) is 2.53. The van der Waals surface area contributed by atoms with E-state index in [4.69, 9.17) is 4.42 Å². The summed E-state index contributed by atoms with van der Waals surface area (Å²) in [6, 6.07) is 0.494. The summed E-state index contributed by atoms with van der Waals surface area (Å²) in [7, 11) is 0. The van der Waals surface area contributed by atoms with Gasteiger partial charge in [0.25, 0.3) is 5.22 Å². The molecule has 0 atom stereocenters. The lowest BCUT2D eigenvalue weighted by atomic mass is 10.3. The SMILES string of the molecule is CCCc1nnc(SCc2nnnn2C2CC2)o1. The second-order valence-electron chi connectivity index (χ2n) is 4.27. The van der Waals surface area contributed by atoms with Gasteiger partial charge >= 0.3 is 0 Å². The Morgan fingerprint density at radius 2 is 2.22 bits per heavy atom. The van der Waals surface area contributed by atoms with E-state index in [9.17, 15) is 0 Å². The Morgan fingerprint density at radius 3 is 3.00 bits per heavy atom. The maximum absolute atomic E-state index is 5.50. The minimum atomic E-state index is 0.494. The molecular weight excluding hydrogens is 252 g/mol. The zero-order valence-electron chi connectivity index (χ0n) is 10.1. The number of hydrogen-bond donors (Lipinski definition) is 0. The van der Waals surface area contributed by atoms with E-state index in [1.54, 1.807) is 0 Å². The standard InChI is InChI=1S/C10H14N6OS/c1-2-3-9-12-13-10(17-9)18-6-8-11-14-15-16(8)7-4-5-7/h7H,2-6H2,1H3. The number of tetrazole rings is 1. The summed E-state index contributed by atoms with van der Waals surface area (Å²) in [5.41, 5.74) is 0. The normalized spacial score (nSPS) is 15.2. The van der Waals surface area contributed by atoms with Gasteiger partial charge in [-0.25, -0.2) is 4.68 Å². The fourth-order valence-electron chi connectivity index (χ4n) is 1.65. The van der Waals surface area contributed by atoms with E-state index in [0.717, 1.165) is 18.7 Å². The smallest absolute Gasteiger partial charge is 0.277 e. The van der Waals surface area contributed by atoms with E-state index < -0.39 is 0 Å². The lowest BCUT2D eigenvalue weighted by Gasteiger charge is -1.99. The molecule has 1 aliphatic rings. The molecule has 96 valence electrons. The molecule has 0 radical (unpaired) electrons. The Kier molecular flexibility index (Phi) is 3.26. The molecule has 0 aliphatic heterocycles. The number of nitrogens with zero attached hydrogens (tertiary/aromatic N) is 6. The van der Waals surface area contributed by atoms with Crippen molar-refractivity contribution in [3.63, 3.8) is 0 Å². The molecule has 0 aromatic carbocycles. The summed E-state index contributed by atoms with van der Waals surface area (Å²) in [6.45, 7) is 2.08. The molecule has 0 saturated heterocycles. The van der Waals surface area contributed by atoms with Gasteiger partial charge in [-0.2, -0.15) is 0 Å². The van der Waals surface area contributed by atoms with Crippen molar-refractivity contribution in [3.05, 3.63) is 11.7 Å². The Morgan fingerprint density at radius 1 is 1.33 bits per heavy atom. The van der Waals surface area contributed by atoms with Crippen LogP contribution in [0.15, 0.2) is 9.64 Å². The molecule has 2 aromatic heterocycles. The number of hydrogen-bond acceptors (Lipinski definition) is 7. The molecule has 0 spiro atoms. The van der Waals surface area contributed by atoms with Crippen LogP contribution in [0.4, 0.5) is 0 Å². The number of rotatable bonds is 6. The molecule has 7 nitrogen and oxygen atoms in total. The number of thioether (sulfide) groups is 1. The van der Waals surface area contributed by atoms with Crippen LogP contribution in [0.5, 0.6) is 0 Å². The predicted octanol–water partition coefficient (Wildman–Crippen LogP) is 1.64. The Hall–Kier alpha value is -1.44. The van der Waals surface area contributed by atoms with E-state index >= 15 is 0 Å². The Balaban J connectivity index is 1.60. The first-order valence-corrected chi connectivity index (χ1v) is 7.07. The quantitative estimate of drug-likeness (QED) is 0.735. The van der Waals surface area contributed by atoms with Crippen molar-refractivity contribution in [1.29, 1.82) is 0 Å². The van der Waals surface area contributed by atoms with Gasteiger partial charge in [-0.15, -0.1) is 15.3 Å². The lowest BCUT2D eigenvalue weighted by molar-refractivity contribution is 0.411. The molecule has 0 amide bonds. The van der Waals surface area contributed by atoms with Crippen LogP contribution in [-0.4, -0.2) is 30.4 Å².